The smallest absolute Gasteiger partial charge is 0.322 e. The van der Waals surface area contributed by atoms with Crippen molar-refractivity contribution in [2.45, 2.75) is 12.5 Å². The summed E-state index contributed by atoms with van der Waals surface area (Å²) >= 11 is 0. The lowest BCUT2D eigenvalue weighted by molar-refractivity contribution is -0.125. The quantitative estimate of drug-likeness (QED) is 0.625. The summed E-state index contributed by atoms with van der Waals surface area (Å²) < 4.78 is 24.5. The molecule has 3 amide bonds. The molecule has 2 aliphatic heterocycles. The van der Waals surface area contributed by atoms with E-state index in [1.54, 1.807) is 37.3 Å². The number of benzene rings is 2. The van der Waals surface area contributed by atoms with Gasteiger partial charge in [0.2, 0.25) is 0 Å². The maximum Gasteiger partial charge on any atom is 0.322 e. The summed E-state index contributed by atoms with van der Waals surface area (Å²) in [6.45, 7) is 4.75. The average Bonchev–Trinajstić information content (AvgIpc) is 3.15. The molecule has 0 saturated heterocycles. The first-order valence-corrected chi connectivity index (χ1v) is 10.6. The number of nitrogens with zero attached hydrogens (tertiary/aromatic N) is 2. The summed E-state index contributed by atoms with van der Waals surface area (Å²) in [6.07, 6.45) is 2.21. The fourth-order valence-corrected chi connectivity index (χ4v) is 4.29. The molecule has 0 bridgehead atoms. The standard InChI is InChI=1S/C25H26FN3O4/c1-4-11-29-19-15-28(12-10-16-8-9-20(32-2)21(13-16)33-3)24(30)22(19)23(27-25(29)31)17-6-5-7-18(26)14-17/h4-9,13-14,23H,1,10-12,15H2,2-3H3,(H,27,31). The Hall–Kier alpha value is -3.81. The molecule has 2 aromatic rings. The van der Waals surface area contributed by atoms with Gasteiger partial charge >= 0.3 is 6.03 Å². The minimum absolute atomic E-state index is 0.172. The summed E-state index contributed by atoms with van der Waals surface area (Å²) in [6, 6.07) is 10.6. The number of methoxy groups -OCH3 is 2. The summed E-state index contributed by atoms with van der Waals surface area (Å²) in [5.74, 6) is 0.665. The van der Waals surface area contributed by atoms with Crippen LogP contribution in [0.3, 0.4) is 0 Å². The molecule has 0 saturated carbocycles. The Kier molecular flexibility index (Phi) is 6.35. The molecule has 172 valence electrons. The van der Waals surface area contributed by atoms with Gasteiger partial charge in [0.15, 0.2) is 11.5 Å². The van der Waals surface area contributed by atoms with Crippen molar-refractivity contribution in [1.82, 2.24) is 15.1 Å². The molecule has 0 spiro atoms. The van der Waals surface area contributed by atoms with Gasteiger partial charge in [-0.3, -0.25) is 9.69 Å². The average molecular weight is 451 g/mol. The maximum absolute atomic E-state index is 13.9. The van der Waals surface area contributed by atoms with Crippen LogP contribution in [-0.2, 0) is 11.2 Å². The lowest BCUT2D eigenvalue weighted by Crippen LogP contribution is -2.47. The number of ether oxygens (including phenoxy) is 2. The first-order valence-electron chi connectivity index (χ1n) is 10.6. The molecule has 2 heterocycles. The third-order valence-electron chi connectivity index (χ3n) is 5.91. The Labute approximate surface area is 192 Å². The highest BCUT2D eigenvalue weighted by Crippen LogP contribution is 2.36. The molecular formula is C25H26FN3O4. The molecule has 1 atom stereocenters. The SMILES string of the molecule is C=CCN1C(=O)NC(c2cccc(F)c2)C2=C1CN(CCc1ccc(OC)c(OC)c1)C2=O. The fourth-order valence-electron chi connectivity index (χ4n) is 4.29. The van der Waals surface area contributed by atoms with E-state index >= 15 is 0 Å². The zero-order chi connectivity index (χ0) is 23.5. The number of halogens is 1. The molecule has 33 heavy (non-hydrogen) atoms. The Morgan fingerprint density at radius 3 is 2.64 bits per heavy atom. The van der Waals surface area contributed by atoms with Crippen LogP contribution in [0.1, 0.15) is 17.2 Å². The first kappa shape index (κ1) is 22.4. The molecule has 8 heteroatoms. The van der Waals surface area contributed by atoms with Gasteiger partial charge in [0.05, 0.1) is 38.1 Å². The second-order valence-corrected chi connectivity index (χ2v) is 7.86. The highest BCUT2D eigenvalue weighted by Gasteiger charge is 2.43. The molecular weight excluding hydrogens is 425 g/mol. The van der Waals surface area contributed by atoms with Crippen molar-refractivity contribution in [3.05, 3.63) is 83.3 Å². The van der Waals surface area contributed by atoms with E-state index in [-0.39, 0.29) is 18.5 Å². The van der Waals surface area contributed by atoms with Crippen molar-refractivity contribution in [3.8, 4) is 11.5 Å². The number of amides is 3. The van der Waals surface area contributed by atoms with Crippen LogP contribution in [0.4, 0.5) is 9.18 Å². The summed E-state index contributed by atoms with van der Waals surface area (Å²) in [5.41, 5.74) is 2.62. The fraction of sp³-hybridized carbons (Fsp3) is 0.280. The molecule has 0 aliphatic carbocycles. The van der Waals surface area contributed by atoms with Crippen LogP contribution in [0.5, 0.6) is 11.5 Å². The van der Waals surface area contributed by atoms with Crippen LogP contribution in [0.15, 0.2) is 66.4 Å². The minimum Gasteiger partial charge on any atom is -0.493 e. The second-order valence-electron chi connectivity index (χ2n) is 7.86. The van der Waals surface area contributed by atoms with Gasteiger partial charge in [-0.25, -0.2) is 9.18 Å². The molecule has 1 unspecified atom stereocenters. The van der Waals surface area contributed by atoms with E-state index in [2.05, 4.69) is 11.9 Å². The Morgan fingerprint density at radius 2 is 1.94 bits per heavy atom. The number of hydrogen-bond donors (Lipinski definition) is 1. The van der Waals surface area contributed by atoms with E-state index < -0.39 is 11.9 Å². The van der Waals surface area contributed by atoms with Gasteiger partial charge in [-0.1, -0.05) is 24.3 Å². The number of urea groups is 1. The van der Waals surface area contributed by atoms with Gasteiger partial charge < -0.3 is 19.7 Å². The van der Waals surface area contributed by atoms with Crippen LogP contribution < -0.4 is 14.8 Å². The normalized spacial score (nSPS) is 17.7. The van der Waals surface area contributed by atoms with Crippen molar-refractivity contribution >= 4 is 11.9 Å². The number of carbonyl (C=O) groups is 2. The van der Waals surface area contributed by atoms with E-state index in [0.29, 0.717) is 47.8 Å². The van der Waals surface area contributed by atoms with Crippen LogP contribution in [0.2, 0.25) is 0 Å². The molecule has 4 rings (SSSR count). The minimum atomic E-state index is -0.706. The Bertz CT molecular complexity index is 1130. The molecule has 0 aromatic heterocycles. The van der Waals surface area contributed by atoms with Gasteiger partial charge in [-0.05, 0) is 41.8 Å². The van der Waals surface area contributed by atoms with E-state index in [0.717, 1.165) is 5.56 Å². The zero-order valence-electron chi connectivity index (χ0n) is 18.6. The third kappa shape index (κ3) is 4.28. The highest BCUT2D eigenvalue weighted by atomic mass is 19.1. The number of hydrogen-bond acceptors (Lipinski definition) is 4. The summed E-state index contributed by atoms with van der Waals surface area (Å²) in [4.78, 5) is 29.5. The molecule has 0 radical (unpaired) electrons. The van der Waals surface area contributed by atoms with Crippen molar-refractivity contribution < 1.29 is 23.5 Å². The molecule has 7 nitrogen and oxygen atoms in total. The van der Waals surface area contributed by atoms with Crippen molar-refractivity contribution in [2.24, 2.45) is 0 Å². The summed E-state index contributed by atoms with van der Waals surface area (Å²) in [5, 5.41) is 2.86. The first-order chi connectivity index (χ1) is 16.0. The van der Waals surface area contributed by atoms with Crippen LogP contribution in [0, 0.1) is 5.82 Å². The predicted molar refractivity (Wildman–Crippen MR) is 121 cm³/mol. The van der Waals surface area contributed by atoms with Crippen LogP contribution >= 0.6 is 0 Å². The van der Waals surface area contributed by atoms with E-state index in [1.165, 1.54) is 17.0 Å². The topological polar surface area (TPSA) is 71.1 Å². The van der Waals surface area contributed by atoms with Gasteiger partial charge in [0.1, 0.15) is 5.82 Å². The highest BCUT2D eigenvalue weighted by molar-refractivity contribution is 6.01. The van der Waals surface area contributed by atoms with E-state index in [4.69, 9.17) is 9.47 Å². The summed E-state index contributed by atoms with van der Waals surface area (Å²) in [7, 11) is 3.16. The van der Waals surface area contributed by atoms with Gasteiger partial charge in [-0.2, -0.15) is 0 Å². The molecule has 0 fully saturated rings. The zero-order valence-corrected chi connectivity index (χ0v) is 18.6. The number of nitrogens with one attached hydrogen (secondary N) is 1. The van der Waals surface area contributed by atoms with Crippen LogP contribution in [-0.4, -0.2) is 55.6 Å². The number of carbonyl (C=O) groups excluding carboxylic acids is 2. The van der Waals surface area contributed by atoms with Gasteiger partial charge in [0, 0.05) is 13.1 Å². The molecule has 2 aromatic carbocycles. The lowest BCUT2D eigenvalue weighted by atomic mass is 9.95. The van der Waals surface area contributed by atoms with E-state index in [1.807, 2.05) is 18.2 Å². The van der Waals surface area contributed by atoms with Crippen molar-refractivity contribution in [3.63, 3.8) is 0 Å². The van der Waals surface area contributed by atoms with Gasteiger partial charge in [0.25, 0.3) is 5.91 Å². The monoisotopic (exact) mass is 451 g/mol. The van der Waals surface area contributed by atoms with Gasteiger partial charge in [-0.15, -0.1) is 6.58 Å². The Morgan fingerprint density at radius 1 is 1.15 bits per heavy atom. The predicted octanol–water partition coefficient (Wildman–Crippen LogP) is 3.43. The second kappa shape index (κ2) is 9.36. The largest absolute Gasteiger partial charge is 0.493 e. The third-order valence-corrected chi connectivity index (χ3v) is 5.91. The van der Waals surface area contributed by atoms with Crippen molar-refractivity contribution in [1.29, 1.82) is 0 Å². The molecule has 2 aliphatic rings. The molecule has 1 N–H and O–H groups in total. The Balaban J connectivity index is 1.59. The van der Waals surface area contributed by atoms with E-state index in [9.17, 15) is 14.0 Å². The maximum atomic E-state index is 13.9. The van der Waals surface area contributed by atoms with Crippen LogP contribution in [0.25, 0.3) is 0 Å². The number of rotatable bonds is 8. The lowest BCUT2D eigenvalue weighted by Gasteiger charge is -2.33. The van der Waals surface area contributed by atoms with Crippen molar-refractivity contribution in [2.75, 3.05) is 33.9 Å².